The third-order valence-corrected chi connectivity index (χ3v) is 7.92. The van der Waals surface area contributed by atoms with Crippen LogP contribution in [0.5, 0.6) is 11.5 Å². The molecule has 1 aliphatic carbocycles. The highest BCUT2D eigenvalue weighted by molar-refractivity contribution is 5.92. The highest BCUT2D eigenvalue weighted by atomic mass is 16.7. The van der Waals surface area contributed by atoms with Crippen LogP contribution in [0.25, 0.3) is 22.4 Å². The minimum atomic E-state index is -0.884. The Hall–Kier alpha value is -6.83. The van der Waals surface area contributed by atoms with Gasteiger partial charge in [-0.2, -0.15) is 0 Å². The van der Waals surface area contributed by atoms with Gasteiger partial charge in [0.15, 0.2) is 0 Å². The SMILES string of the molecule is C=CC(=O)OCCCCCOC(=O)C1[CH]C=C1.C=CC(=O)OCCCCOC(=O)Oc1ccc(-c2nc3ccc(OC(=O)c4ccc(C)cc4)cc3c(=O)o2)cc1. The fourth-order valence-electron chi connectivity index (χ4n) is 4.74. The maximum atomic E-state index is 12.7. The van der Waals surface area contributed by atoms with Crippen molar-refractivity contribution in [2.75, 3.05) is 26.4 Å². The summed E-state index contributed by atoms with van der Waals surface area (Å²) in [5.74, 6) is -1.33. The summed E-state index contributed by atoms with van der Waals surface area (Å²) in [5.41, 5.74) is 1.57. The zero-order valence-electron chi connectivity index (χ0n) is 31.3. The van der Waals surface area contributed by atoms with E-state index in [1.54, 1.807) is 61.0 Å². The second-order valence-electron chi connectivity index (χ2n) is 12.2. The van der Waals surface area contributed by atoms with E-state index < -0.39 is 29.7 Å². The normalized spacial score (nSPS) is 12.5. The molecule has 1 aromatic heterocycles. The number of allylic oxidation sites excluding steroid dienone is 1. The molecular weight excluding hydrogens is 738 g/mol. The predicted molar refractivity (Wildman–Crippen MR) is 207 cm³/mol. The first-order chi connectivity index (χ1) is 27.6. The smallest absolute Gasteiger partial charge is 0.465 e. The third-order valence-electron chi connectivity index (χ3n) is 7.92. The first-order valence-electron chi connectivity index (χ1n) is 18.0. The Bertz CT molecular complexity index is 2120. The number of fused-ring (bicyclic) bond motifs is 1. The Balaban J connectivity index is 0.000000355. The second kappa shape index (κ2) is 22.5. The van der Waals surface area contributed by atoms with Gasteiger partial charge in [0.25, 0.3) is 0 Å². The molecule has 1 unspecified atom stereocenters. The zero-order valence-corrected chi connectivity index (χ0v) is 31.3. The highest BCUT2D eigenvalue weighted by Crippen LogP contribution is 2.24. The topological polar surface area (TPSA) is 184 Å². The van der Waals surface area contributed by atoms with Gasteiger partial charge in [-0.25, -0.2) is 29.0 Å². The highest BCUT2D eigenvalue weighted by Gasteiger charge is 2.21. The van der Waals surface area contributed by atoms with Crippen LogP contribution in [0.15, 0.2) is 113 Å². The van der Waals surface area contributed by atoms with Crippen molar-refractivity contribution in [2.24, 2.45) is 5.92 Å². The summed E-state index contributed by atoms with van der Waals surface area (Å²) in [6.45, 7) is 9.62. The molecule has 3 aromatic carbocycles. The molecule has 14 nitrogen and oxygen atoms in total. The Labute approximate surface area is 328 Å². The Morgan fingerprint density at radius 3 is 1.89 bits per heavy atom. The summed E-state index contributed by atoms with van der Waals surface area (Å²) in [7, 11) is 0. The van der Waals surface area contributed by atoms with Crippen LogP contribution in [0.2, 0.25) is 0 Å². The largest absolute Gasteiger partial charge is 0.513 e. The van der Waals surface area contributed by atoms with Crippen molar-refractivity contribution in [3.05, 3.63) is 132 Å². The monoisotopic (exact) mass is 780 g/mol. The van der Waals surface area contributed by atoms with Crippen LogP contribution < -0.4 is 15.1 Å². The number of ether oxygens (including phenoxy) is 6. The van der Waals surface area contributed by atoms with Crippen molar-refractivity contribution >= 4 is 40.9 Å². The lowest BCUT2D eigenvalue weighted by atomic mass is 9.96. The molecule has 297 valence electrons. The molecule has 4 aromatic rings. The molecule has 0 bridgehead atoms. The molecular formula is C43H42NO13. The van der Waals surface area contributed by atoms with Crippen molar-refractivity contribution in [3.8, 4) is 23.0 Å². The molecule has 0 N–H and O–H groups in total. The second-order valence-corrected chi connectivity index (χ2v) is 12.2. The number of hydrogen-bond donors (Lipinski definition) is 0. The van der Waals surface area contributed by atoms with E-state index in [4.69, 9.17) is 32.8 Å². The van der Waals surface area contributed by atoms with E-state index in [1.807, 2.05) is 13.0 Å². The van der Waals surface area contributed by atoms with E-state index in [0.717, 1.165) is 37.0 Å². The van der Waals surface area contributed by atoms with Crippen molar-refractivity contribution in [2.45, 2.75) is 39.0 Å². The molecule has 0 fully saturated rings. The summed E-state index contributed by atoms with van der Waals surface area (Å²) in [4.78, 5) is 74.3. The van der Waals surface area contributed by atoms with Crippen LogP contribution >= 0.6 is 0 Å². The van der Waals surface area contributed by atoms with Crippen LogP contribution in [0, 0.1) is 19.3 Å². The molecule has 1 aliphatic rings. The lowest BCUT2D eigenvalue weighted by molar-refractivity contribution is -0.146. The number of carbonyl (C=O) groups is 5. The fraction of sp³-hybridized carbons (Fsp3) is 0.256. The summed E-state index contributed by atoms with van der Waals surface area (Å²) >= 11 is 0. The lowest BCUT2D eigenvalue weighted by Crippen LogP contribution is -2.20. The zero-order chi connectivity index (χ0) is 41.0. The van der Waals surface area contributed by atoms with E-state index in [9.17, 15) is 28.8 Å². The van der Waals surface area contributed by atoms with Crippen molar-refractivity contribution in [3.63, 3.8) is 0 Å². The number of aromatic nitrogens is 1. The van der Waals surface area contributed by atoms with Gasteiger partial charge < -0.3 is 32.8 Å². The summed E-state index contributed by atoms with van der Waals surface area (Å²) < 4.78 is 35.6. The van der Waals surface area contributed by atoms with E-state index >= 15 is 0 Å². The van der Waals surface area contributed by atoms with Crippen molar-refractivity contribution < 1.29 is 56.8 Å². The maximum Gasteiger partial charge on any atom is 0.513 e. The molecule has 57 heavy (non-hydrogen) atoms. The van der Waals surface area contributed by atoms with E-state index in [-0.39, 0.29) is 47.9 Å². The maximum absolute atomic E-state index is 12.7. The number of hydrogen-bond acceptors (Lipinski definition) is 14. The van der Waals surface area contributed by atoms with Gasteiger partial charge in [0, 0.05) is 24.1 Å². The van der Waals surface area contributed by atoms with Gasteiger partial charge in [0.1, 0.15) is 11.5 Å². The van der Waals surface area contributed by atoms with Gasteiger partial charge in [-0.15, -0.1) is 0 Å². The molecule has 1 heterocycles. The van der Waals surface area contributed by atoms with Crippen LogP contribution in [-0.2, 0) is 33.3 Å². The van der Waals surface area contributed by atoms with Gasteiger partial charge >= 0.3 is 35.7 Å². The number of carbonyl (C=O) groups excluding carboxylic acids is 5. The minimum absolute atomic E-state index is 0.0631. The Morgan fingerprint density at radius 1 is 0.719 bits per heavy atom. The predicted octanol–water partition coefficient (Wildman–Crippen LogP) is 7.23. The molecule has 1 atom stereocenters. The van der Waals surface area contributed by atoms with Crippen LogP contribution in [0.3, 0.4) is 0 Å². The Kier molecular flexibility index (Phi) is 17.0. The molecule has 1 radical (unpaired) electrons. The molecule has 5 rings (SSSR count). The van der Waals surface area contributed by atoms with Gasteiger partial charge in [-0.3, -0.25) is 4.79 Å². The molecule has 0 aliphatic heterocycles. The third kappa shape index (κ3) is 14.4. The Morgan fingerprint density at radius 2 is 1.30 bits per heavy atom. The summed E-state index contributed by atoms with van der Waals surface area (Å²) in [5, 5.41) is 0.152. The summed E-state index contributed by atoms with van der Waals surface area (Å²) in [6.07, 6.45) is 10.2. The first kappa shape index (κ1) is 42.9. The van der Waals surface area contributed by atoms with Gasteiger partial charge in [0.2, 0.25) is 5.89 Å². The minimum Gasteiger partial charge on any atom is -0.465 e. The van der Waals surface area contributed by atoms with Gasteiger partial charge in [-0.05, 0) is 93.6 Å². The molecule has 0 saturated heterocycles. The lowest BCUT2D eigenvalue weighted by Gasteiger charge is -2.15. The van der Waals surface area contributed by atoms with Crippen molar-refractivity contribution in [1.29, 1.82) is 0 Å². The van der Waals surface area contributed by atoms with Gasteiger partial charge in [0.05, 0.1) is 48.8 Å². The summed E-state index contributed by atoms with van der Waals surface area (Å²) in [6, 6.07) is 17.6. The quantitative estimate of drug-likeness (QED) is 0.0246. The molecule has 14 heteroatoms. The van der Waals surface area contributed by atoms with Crippen LogP contribution in [-0.4, -0.2) is 61.4 Å². The van der Waals surface area contributed by atoms with Crippen LogP contribution in [0.4, 0.5) is 4.79 Å². The van der Waals surface area contributed by atoms with E-state index in [2.05, 4.69) is 18.1 Å². The average Bonchev–Trinajstić information content (AvgIpc) is 3.18. The number of rotatable bonds is 18. The van der Waals surface area contributed by atoms with E-state index in [0.29, 0.717) is 42.7 Å². The van der Waals surface area contributed by atoms with Crippen molar-refractivity contribution in [1.82, 2.24) is 4.98 Å². The standard InChI is InChI=1S/C30H25NO9.C13H17O4/c1-3-26(32)36-16-4-5-17-37-30(35)39-22-12-10-20(11-13-22)27-31-25-15-14-23(18-24(25)29(34)40-27)38-28(33)21-8-6-19(2)7-9-21;1-2-12(14)16-9-4-3-5-10-17-13(15)11-7-6-8-11/h3,6-15,18H,1,4-5,16-17H2,2H3;2,6-8,11H,1,3-5,9-10H2. The van der Waals surface area contributed by atoms with E-state index in [1.165, 1.54) is 18.2 Å². The number of benzene rings is 3. The molecule has 0 spiro atoms. The number of unbranched alkanes of at least 4 members (excludes halogenated alkanes) is 3. The van der Waals surface area contributed by atoms with Gasteiger partial charge in [-0.1, -0.05) is 43.0 Å². The number of nitrogens with zero attached hydrogens (tertiary/aromatic N) is 1. The molecule has 0 amide bonds. The number of aryl methyl sites for hydroxylation is 1. The number of esters is 4. The van der Waals surface area contributed by atoms with Crippen LogP contribution in [0.1, 0.15) is 48.0 Å². The fourth-order valence-corrected chi connectivity index (χ4v) is 4.74. The first-order valence-corrected chi connectivity index (χ1v) is 18.0. The average molecular weight is 781 g/mol. The molecule has 0 saturated carbocycles.